The summed E-state index contributed by atoms with van der Waals surface area (Å²) in [4.78, 5) is 39.1. The zero-order chi connectivity index (χ0) is 35.4. The number of sulfonamides is 1. The molecule has 2 unspecified atom stereocenters. The van der Waals surface area contributed by atoms with Gasteiger partial charge in [-0.15, -0.1) is 0 Å². The first-order valence-electron chi connectivity index (χ1n) is 15.4. The minimum absolute atomic E-state index is 0.00273. The number of benzene rings is 4. The molecule has 4 aromatic carbocycles. The molecule has 1 saturated heterocycles. The molecule has 1 amide bonds. The van der Waals surface area contributed by atoms with Crippen molar-refractivity contribution in [2.24, 2.45) is 0 Å². The van der Waals surface area contributed by atoms with E-state index in [2.05, 4.69) is 10.0 Å². The summed E-state index contributed by atoms with van der Waals surface area (Å²) in [6.45, 7) is 1.75. The van der Waals surface area contributed by atoms with Gasteiger partial charge in [0.1, 0.15) is 36.7 Å². The summed E-state index contributed by atoms with van der Waals surface area (Å²) in [6.07, 6.45) is -0.726. The number of ketones is 1. The van der Waals surface area contributed by atoms with Crippen LogP contribution in [0.25, 0.3) is 22.3 Å². The predicted octanol–water partition coefficient (Wildman–Crippen LogP) is 5.58. The van der Waals surface area contributed by atoms with Crippen LogP contribution in [0.4, 0.5) is 0 Å². The number of amides is 1. The molecule has 1 aromatic heterocycles. The standard InChI is InChI=1S/C36H30Cl2N2O9S/c1-21-6-13-25(14-7-21)50(44,45)40-29(33(42)31-20-48-31)19-39-36(43)22-8-11-24(12-9-22)46-16-17-47-35-32(41)27-4-2-3-5-30(27)49-34(35)26-15-10-23(37)18-28(26)38/h2-15,18,29,31,40H,16-17,19-20H2,1H3,(H,39,43). The predicted molar refractivity (Wildman–Crippen MR) is 188 cm³/mol. The summed E-state index contributed by atoms with van der Waals surface area (Å²) in [5.41, 5.74) is 1.56. The number of epoxide rings is 1. The smallest absolute Gasteiger partial charge is 0.251 e. The Balaban J connectivity index is 1.07. The summed E-state index contributed by atoms with van der Waals surface area (Å²) in [5, 5.41) is 3.66. The molecule has 1 fully saturated rings. The topological polar surface area (TPSA) is 154 Å². The van der Waals surface area contributed by atoms with Crippen molar-refractivity contribution >= 4 is 55.9 Å². The second-order valence-corrected chi connectivity index (χ2v) is 13.9. The monoisotopic (exact) mass is 736 g/mol. The first-order chi connectivity index (χ1) is 24.0. The lowest BCUT2D eigenvalue weighted by atomic mass is 10.1. The number of carbonyl (C=O) groups is 2. The number of fused-ring (bicyclic) bond motifs is 1. The van der Waals surface area contributed by atoms with E-state index in [-0.39, 0.29) is 58.8 Å². The summed E-state index contributed by atoms with van der Waals surface area (Å²) in [5.74, 6) is -0.462. The van der Waals surface area contributed by atoms with Crippen molar-refractivity contribution in [2.45, 2.75) is 24.0 Å². The van der Waals surface area contributed by atoms with Crippen LogP contribution in [0.3, 0.4) is 0 Å². The average molecular weight is 738 g/mol. The molecule has 0 saturated carbocycles. The van der Waals surface area contributed by atoms with Gasteiger partial charge in [0, 0.05) is 22.7 Å². The van der Waals surface area contributed by atoms with Crippen molar-refractivity contribution in [3.8, 4) is 22.8 Å². The van der Waals surface area contributed by atoms with E-state index in [1.165, 1.54) is 24.3 Å². The molecular weight excluding hydrogens is 707 g/mol. The van der Waals surface area contributed by atoms with Crippen molar-refractivity contribution in [2.75, 3.05) is 26.4 Å². The molecule has 5 aromatic rings. The molecule has 2 heterocycles. The number of ether oxygens (including phenoxy) is 3. The van der Waals surface area contributed by atoms with Gasteiger partial charge < -0.3 is 23.9 Å². The van der Waals surface area contributed by atoms with Crippen LogP contribution in [0, 0.1) is 6.92 Å². The first-order valence-corrected chi connectivity index (χ1v) is 17.6. The van der Waals surface area contributed by atoms with Gasteiger partial charge in [-0.25, -0.2) is 8.42 Å². The second-order valence-electron chi connectivity index (χ2n) is 11.4. The molecular formula is C36H30Cl2N2O9S. The number of hydrogen-bond donors (Lipinski definition) is 2. The molecule has 258 valence electrons. The van der Waals surface area contributed by atoms with Crippen LogP contribution >= 0.6 is 23.2 Å². The highest BCUT2D eigenvalue weighted by atomic mass is 35.5. The third kappa shape index (κ3) is 8.18. The van der Waals surface area contributed by atoms with Gasteiger partial charge in [0.2, 0.25) is 21.2 Å². The van der Waals surface area contributed by atoms with Gasteiger partial charge in [-0.2, -0.15) is 4.72 Å². The molecule has 2 atom stereocenters. The molecule has 0 aliphatic carbocycles. The Kier molecular flexibility index (Phi) is 10.6. The van der Waals surface area contributed by atoms with E-state index in [9.17, 15) is 22.8 Å². The summed E-state index contributed by atoms with van der Waals surface area (Å²) in [7, 11) is -4.04. The van der Waals surface area contributed by atoms with Crippen LogP contribution in [-0.4, -0.2) is 58.6 Å². The molecule has 1 aliphatic heterocycles. The van der Waals surface area contributed by atoms with Crippen LogP contribution < -0.4 is 24.9 Å². The van der Waals surface area contributed by atoms with Crippen molar-refractivity contribution in [3.05, 3.63) is 122 Å². The maximum absolute atomic E-state index is 13.4. The Labute approximate surface area is 297 Å². The minimum Gasteiger partial charge on any atom is -0.490 e. The van der Waals surface area contributed by atoms with Gasteiger partial charge >= 0.3 is 0 Å². The number of hydrogen-bond acceptors (Lipinski definition) is 9. The molecule has 50 heavy (non-hydrogen) atoms. The van der Waals surface area contributed by atoms with Gasteiger partial charge in [-0.1, -0.05) is 53.0 Å². The first kappa shape index (κ1) is 35.1. The lowest BCUT2D eigenvalue weighted by molar-refractivity contribution is -0.121. The minimum atomic E-state index is -4.04. The van der Waals surface area contributed by atoms with Crippen molar-refractivity contribution in [1.29, 1.82) is 0 Å². The van der Waals surface area contributed by atoms with E-state index < -0.39 is 33.9 Å². The third-order valence-corrected chi connectivity index (χ3v) is 9.77. The van der Waals surface area contributed by atoms with Crippen molar-refractivity contribution < 1.29 is 36.6 Å². The van der Waals surface area contributed by atoms with Gasteiger partial charge in [0.15, 0.2) is 11.5 Å². The molecule has 0 bridgehead atoms. The molecule has 0 spiro atoms. The lowest BCUT2D eigenvalue weighted by Gasteiger charge is -2.18. The van der Waals surface area contributed by atoms with Crippen LogP contribution in [0.1, 0.15) is 15.9 Å². The van der Waals surface area contributed by atoms with Gasteiger partial charge in [-0.05, 0) is 73.7 Å². The van der Waals surface area contributed by atoms with E-state index in [1.807, 2.05) is 6.92 Å². The van der Waals surface area contributed by atoms with Gasteiger partial charge in [-0.3, -0.25) is 14.4 Å². The molecule has 6 rings (SSSR count). The fourth-order valence-electron chi connectivity index (χ4n) is 5.02. The van der Waals surface area contributed by atoms with E-state index in [0.29, 0.717) is 27.3 Å². The lowest BCUT2D eigenvalue weighted by Crippen LogP contribution is -2.49. The molecule has 2 N–H and O–H groups in total. The molecule has 0 radical (unpaired) electrons. The maximum atomic E-state index is 13.4. The number of nitrogens with one attached hydrogen (secondary N) is 2. The summed E-state index contributed by atoms with van der Waals surface area (Å²) < 4.78 is 51.1. The zero-order valence-electron chi connectivity index (χ0n) is 26.5. The van der Waals surface area contributed by atoms with Crippen LogP contribution in [-0.2, 0) is 19.6 Å². The second kappa shape index (κ2) is 15.0. The highest BCUT2D eigenvalue weighted by Crippen LogP contribution is 2.36. The Bertz CT molecular complexity index is 2220. The van der Waals surface area contributed by atoms with Crippen molar-refractivity contribution in [3.63, 3.8) is 0 Å². The van der Waals surface area contributed by atoms with E-state index >= 15 is 0 Å². The van der Waals surface area contributed by atoms with E-state index in [1.54, 1.807) is 66.7 Å². The van der Waals surface area contributed by atoms with E-state index in [4.69, 9.17) is 41.8 Å². The average Bonchev–Trinajstić information content (AvgIpc) is 3.95. The highest BCUT2D eigenvalue weighted by Gasteiger charge is 2.38. The zero-order valence-corrected chi connectivity index (χ0v) is 28.8. The van der Waals surface area contributed by atoms with Crippen molar-refractivity contribution in [1.82, 2.24) is 10.0 Å². The Morgan fingerprint density at radius 2 is 1.64 bits per heavy atom. The number of carbonyl (C=O) groups excluding carboxylic acids is 2. The maximum Gasteiger partial charge on any atom is 0.251 e. The van der Waals surface area contributed by atoms with Crippen LogP contribution in [0.5, 0.6) is 11.5 Å². The normalized spacial score (nSPS) is 14.6. The van der Waals surface area contributed by atoms with E-state index in [0.717, 1.165) is 5.56 Å². The quantitative estimate of drug-likeness (QED) is 0.110. The number of Topliss-reactive ketones (excluding diaryl/α,β-unsaturated/α-hetero) is 1. The largest absolute Gasteiger partial charge is 0.490 e. The Hall–Kier alpha value is -4.72. The molecule has 14 heteroatoms. The fraction of sp³-hybridized carbons (Fsp3) is 0.194. The summed E-state index contributed by atoms with van der Waals surface area (Å²) in [6, 6.07) is 22.7. The van der Waals surface area contributed by atoms with Crippen LogP contribution in [0.15, 0.2) is 105 Å². The summed E-state index contributed by atoms with van der Waals surface area (Å²) >= 11 is 12.5. The number of para-hydroxylation sites is 1. The van der Waals surface area contributed by atoms with Gasteiger partial charge in [0.25, 0.3) is 5.91 Å². The van der Waals surface area contributed by atoms with Gasteiger partial charge in [0.05, 0.1) is 21.9 Å². The third-order valence-electron chi connectivity index (χ3n) is 7.74. The Morgan fingerprint density at radius 3 is 2.34 bits per heavy atom. The van der Waals surface area contributed by atoms with Crippen LogP contribution in [0.2, 0.25) is 10.0 Å². The molecule has 1 aliphatic rings. The Morgan fingerprint density at radius 1 is 0.940 bits per heavy atom. The number of rotatable bonds is 14. The SMILES string of the molecule is Cc1ccc(S(=O)(=O)NC(CNC(=O)c2ccc(OCCOc3c(-c4ccc(Cl)cc4Cl)oc4ccccc4c3=O)cc2)C(=O)C2CO2)cc1. The number of aryl methyl sites for hydroxylation is 1. The fourth-order valence-corrected chi connectivity index (χ4v) is 6.72. The number of halogens is 2. The molecule has 11 nitrogen and oxygen atoms in total. The highest BCUT2D eigenvalue weighted by molar-refractivity contribution is 7.89.